The SMILES string of the molecule is CCN(C(=O)c1ccc(OC)c([N+](=O)[O-])c1)c1ccc(/C=C/CN(C/C=C/c2ccc(N(CC)C(=O)c3ccc(OC)c([N+](=O)[O-])c3)s2)C(CC(C(=O)O)C(=O)O)C(=O)N(C)CCc2ccc(O)c(O)c2)s1. The number of carbonyl (C=O) groups excluding carboxylic acids is 3. The second kappa shape index (κ2) is 25.1. The number of carbonyl (C=O) groups is 5. The minimum absolute atomic E-state index is 0.00344. The van der Waals surface area contributed by atoms with Gasteiger partial charge in [0.15, 0.2) is 28.9 Å². The fraction of sp³-hybridized carbons (Fsp3) is 0.286. The van der Waals surface area contributed by atoms with E-state index in [-0.39, 0.29) is 84.6 Å². The van der Waals surface area contributed by atoms with Crippen molar-refractivity contribution < 1.29 is 63.7 Å². The molecule has 3 aromatic carbocycles. The number of anilines is 2. The summed E-state index contributed by atoms with van der Waals surface area (Å²) in [5, 5.41) is 64.2. The molecule has 0 bridgehead atoms. The van der Waals surface area contributed by atoms with Gasteiger partial charge in [0.1, 0.15) is 0 Å². The largest absolute Gasteiger partial charge is 0.504 e. The van der Waals surface area contributed by atoms with E-state index in [0.717, 1.165) is 12.1 Å². The first-order valence-corrected chi connectivity index (χ1v) is 23.7. The van der Waals surface area contributed by atoms with Crippen LogP contribution in [-0.4, -0.2) is 130 Å². The van der Waals surface area contributed by atoms with Crippen LogP contribution < -0.4 is 19.3 Å². The number of ether oxygens (including phenoxy) is 2. The molecule has 5 aromatic rings. The van der Waals surface area contributed by atoms with Gasteiger partial charge < -0.3 is 34.8 Å². The van der Waals surface area contributed by atoms with E-state index in [2.05, 4.69) is 0 Å². The summed E-state index contributed by atoms with van der Waals surface area (Å²) in [5.74, 6) is -7.56. The van der Waals surface area contributed by atoms with Crippen molar-refractivity contribution in [3.8, 4) is 23.0 Å². The van der Waals surface area contributed by atoms with Crippen LogP contribution in [0.25, 0.3) is 12.2 Å². The Morgan fingerprint density at radius 3 is 1.56 bits per heavy atom. The number of phenolic OH excluding ortho intramolecular Hbond substituents is 2. The number of nitro benzene ring substituents is 2. The third kappa shape index (κ3) is 13.6. The highest BCUT2D eigenvalue weighted by molar-refractivity contribution is 7.17. The summed E-state index contributed by atoms with van der Waals surface area (Å²) in [6.07, 6.45) is 6.41. The average Bonchev–Trinajstić information content (AvgIpc) is 4.03. The molecule has 5 rings (SSSR count). The van der Waals surface area contributed by atoms with Crippen LogP contribution in [0.3, 0.4) is 0 Å². The van der Waals surface area contributed by atoms with Crippen molar-refractivity contribution in [3.63, 3.8) is 0 Å². The monoisotopic (exact) mass is 1030 g/mol. The molecule has 1 unspecified atom stereocenters. The van der Waals surface area contributed by atoms with E-state index in [1.807, 2.05) is 0 Å². The van der Waals surface area contributed by atoms with Gasteiger partial charge in [-0.3, -0.25) is 58.9 Å². The molecule has 380 valence electrons. The van der Waals surface area contributed by atoms with Crippen molar-refractivity contribution >= 4 is 85.9 Å². The topological polar surface area (TPSA) is 284 Å². The van der Waals surface area contributed by atoms with Gasteiger partial charge >= 0.3 is 23.3 Å². The number of thiophene rings is 2. The Labute approximate surface area is 421 Å². The lowest BCUT2D eigenvalue weighted by molar-refractivity contribution is -0.385. The second-order valence-corrected chi connectivity index (χ2v) is 18.0. The minimum atomic E-state index is -1.98. The Morgan fingerprint density at radius 2 is 1.15 bits per heavy atom. The van der Waals surface area contributed by atoms with Crippen LogP contribution in [0.2, 0.25) is 0 Å². The van der Waals surface area contributed by atoms with Crippen molar-refractivity contribution in [2.45, 2.75) is 32.7 Å². The summed E-state index contributed by atoms with van der Waals surface area (Å²) in [5.41, 5.74) is -0.0311. The van der Waals surface area contributed by atoms with Gasteiger partial charge in [0.05, 0.1) is 40.1 Å². The number of nitrogens with zero attached hydrogens (tertiary/aromatic N) is 6. The quantitative estimate of drug-likeness (QED) is 0.0189. The molecule has 0 aliphatic rings. The summed E-state index contributed by atoms with van der Waals surface area (Å²) < 4.78 is 10.2. The van der Waals surface area contributed by atoms with Crippen molar-refractivity contribution in [3.05, 3.63) is 138 Å². The molecule has 0 saturated heterocycles. The number of carboxylic acids is 2. The normalized spacial score (nSPS) is 11.8. The second-order valence-electron chi connectivity index (χ2n) is 15.8. The number of likely N-dealkylation sites (N-methyl/N-ethyl adjacent to an activating group) is 1. The highest BCUT2D eigenvalue weighted by atomic mass is 32.1. The molecule has 0 fully saturated rings. The number of nitro groups is 2. The molecule has 0 saturated carbocycles. The number of aliphatic carboxylic acids is 2. The maximum absolute atomic E-state index is 14.4. The zero-order valence-corrected chi connectivity index (χ0v) is 41.3. The molecule has 0 radical (unpaired) electrons. The Morgan fingerprint density at radius 1 is 0.681 bits per heavy atom. The molecular formula is C49H52N6O15S2. The molecule has 72 heavy (non-hydrogen) atoms. The predicted molar refractivity (Wildman–Crippen MR) is 271 cm³/mol. The van der Waals surface area contributed by atoms with Crippen molar-refractivity contribution in [2.24, 2.45) is 5.92 Å². The number of methoxy groups -OCH3 is 2. The first kappa shape index (κ1) is 54.8. The molecule has 3 amide bonds. The highest BCUT2D eigenvalue weighted by Crippen LogP contribution is 2.34. The summed E-state index contributed by atoms with van der Waals surface area (Å²) in [7, 11) is 4.05. The fourth-order valence-corrected chi connectivity index (χ4v) is 9.46. The fourth-order valence-electron chi connectivity index (χ4n) is 7.46. The minimum Gasteiger partial charge on any atom is -0.504 e. The Hall–Kier alpha value is -8.15. The predicted octanol–water partition coefficient (Wildman–Crippen LogP) is 7.66. The lowest BCUT2D eigenvalue weighted by atomic mass is 9.97. The van der Waals surface area contributed by atoms with Gasteiger partial charge in [0.2, 0.25) is 5.91 Å². The number of rotatable bonds is 25. The van der Waals surface area contributed by atoms with Gasteiger partial charge in [-0.2, -0.15) is 0 Å². The van der Waals surface area contributed by atoms with E-state index < -0.39 is 57.9 Å². The number of aromatic hydroxyl groups is 2. The standard InChI is InChI=1S/C49H52N6O15S2/c1-6-52(45(58)31-13-18-41(69-4)36(27-31)54(65)66)43-20-15-33(71-43)10-8-23-51(38(29-35(48(61)62)49(63)64)47(60)50(3)25-22-30-12-17-39(56)40(57)26-30)24-9-11-34-16-21-44(72-34)53(7-2)46(59)32-14-19-42(70-5)37(28-32)55(67)68/h8-21,26-28,35,38,56-57H,6-7,22-25,29H2,1-5H3,(H,61,62)(H,63,64)/b10-8+,11-9+. The molecule has 21 nitrogen and oxygen atoms in total. The van der Waals surface area contributed by atoms with Crippen LogP contribution >= 0.6 is 22.7 Å². The molecular weight excluding hydrogens is 977 g/mol. The average molecular weight is 1030 g/mol. The van der Waals surface area contributed by atoms with E-state index in [1.54, 1.807) is 73.4 Å². The number of amides is 3. The summed E-state index contributed by atoms with van der Waals surface area (Å²) in [6.45, 7) is 3.94. The lowest BCUT2D eigenvalue weighted by Crippen LogP contribution is -2.50. The molecule has 0 aliphatic carbocycles. The van der Waals surface area contributed by atoms with Gasteiger partial charge in [-0.15, -0.1) is 22.7 Å². The van der Waals surface area contributed by atoms with Crippen LogP contribution in [0.5, 0.6) is 23.0 Å². The van der Waals surface area contributed by atoms with E-state index in [0.29, 0.717) is 25.3 Å². The number of carboxylic acid groups (broad SMARTS) is 2. The van der Waals surface area contributed by atoms with Gasteiger partial charge in [-0.1, -0.05) is 18.2 Å². The molecule has 1 atom stereocenters. The number of hydrogen-bond acceptors (Lipinski definition) is 16. The van der Waals surface area contributed by atoms with Crippen LogP contribution in [-0.2, 0) is 20.8 Å². The molecule has 23 heteroatoms. The smallest absolute Gasteiger partial charge is 0.317 e. The van der Waals surface area contributed by atoms with Crippen molar-refractivity contribution in [1.82, 2.24) is 9.80 Å². The van der Waals surface area contributed by atoms with Crippen LogP contribution in [0, 0.1) is 26.1 Å². The first-order chi connectivity index (χ1) is 34.3. The summed E-state index contributed by atoms with van der Waals surface area (Å²) >= 11 is 2.46. The zero-order valence-electron chi connectivity index (χ0n) is 39.7. The third-order valence-electron chi connectivity index (χ3n) is 11.3. The van der Waals surface area contributed by atoms with Crippen LogP contribution in [0.1, 0.15) is 56.3 Å². The zero-order chi connectivity index (χ0) is 52.8. The van der Waals surface area contributed by atoms with Crippen LogP contribution in [0.15, 0.2) is 91.0 Å². The summed E-state index contributed by atoms with van der Waals surface area (Å²) in [6, 6.07) is 17.6. The van der Waals surface area contributed by atoms with Crippen molar-refractivity contribution in [2.75, 3.05) is 63.8 Å². The van der Waals surface area contributed by atoms with Gasteiger partial charge in [0.25, 0.3) is 11.8 Å². The lowest BCUT2D eigenvalue weighted by Gasteiger charge is -2.33. The van der Waals surface area contributed by atoms with Gasteiger partial charge in [-0.05, 0) is 105 Å². The van der Waals surface area contributed by atoms with E-state index in [9.17, 15) is 64.6 Å². The Balaban J connectivity index is 1.45. The Bertz CT molecular complexity index is 2730. The number of benzene rings is 3. The van der Waals surface area contributed by atoms with Crippen molar-refractivity contribution in [1.29, 1.82) is 0 Å². The number of hydrogen-bond donors (Lipinski definition) is 4. The maximum atomic E-state index is 14.4. The maximum Gasteiger partial charge on any atom is 0.317 e. The van der Waals surface area contributed by atoms with E-state index in [4.69, 9.17) is 9.47 Å². The van der Waals surface area contributed by atoms with E-state index in [1.165, 1.54) is 95.0 Å². The molecule has 2 heterocycles. The first-order valence-electron chi connectivity index (χ1n) is 22.1. The Kier molecular flexibility index (Phi) is 19.1. The third-order valence-corrected chi connectivity index (χ3v) is 13.4. The molecule has 2 aromatic heterocycles. The summed E-state index contributed by atoms with van der Waals surface area (Å²) in [4.78, 5) is 95.6. The van der Waals surface area contributed by atoms with Gasteiger partial charge in [-0.25, -0.2) is 0 Å². The van der Waals surface area contributed by atoms with Gasteiger partial charge in [0, 0.05) is 72.8 Å². The number of phenols is 2. The van der Waals surface area contributed by atoms with E-state index >= 15 is 0 Å². The molecule has 0 aliphatic heterocycles. The van der Waals surface area contributed by atoms with Crippen LogP contribution in [0.4, 0.5) is 21.4 Å². The highest BCUT2D eigenvalue weighted by Gasteiger charge is 2.36. The molecule has 0 spiro atoms. The molecule has 4 N–H and O–H groups in total.